The van der Waals surface area contributed by atoms with Crippen LogP contribution in [0, 0.1) is 0 Å². The SMILES string of the molecule is CN(C)c1cccc(Nc2nc(NC3CC3)c3ncn(-c4ccccc4)c3n2)c1. The molecule has 7 heteroatoms. The summed E-state index contributed by atoms with van der Waals surface area (Å²) in [6, 6.07) is 18.8. The largest absolute Gasteiger partial charge is 0.378 e. The van der Waals surface area contributed by atoms with Crippen molar-refractivity contribution < 1.29 is 0 Å². The molecule has 1 saturated carbocycles. The molecule has 0 spiro atoms. The number of imidazole rings is 1. The average Bonchev–Trinajstić information content (AvgIpc) is 3.44. The van der Waals surface area contributed by atoms with Gasteiger partial charge >= 0.3 is 0 Å². The molecule has 0 radical (unpaired) electrons. The summed E-state index contributed by atoms with van der Waals surface area (Å²) in [6.45, 7) is 0. The van der Waals surface area contributed by atoms with Crippen LogP contribution >= 0.6 is 0 Å². The zero-order valence-corrected chi connectivity index (χ0v) is 16.5. The van der Waals surface area contributed by atoms with Gasteiger partial charge in [0.2, 0.25) is 5.95 Å². The van der Waals surface area contributed by atoms with E-state index in [4.69, 9.17) is 9.97 Å². The second kappa shape index (κ2) is 7.09. The van der Waals surface area contributed by atoms with Crippen LogP contribution in [-0.4, -0.2) is 39.7 Å². The molecule has 29 heavy (non-hydrogen) atoms. The number of hydrogen-bond acceptors (Lipinski definition) is 6. The maximum Gasteiger partial charge on any atom is 0.231 e. The Labute approximate surface area is 169 Å². The molecule has 1 fully saturated rings. The standard InChI is InChI=1S/C22H23N7/c1-28(2)18-10-6-7-16(13-18)25-22-26-20(24-15-11-12-15)19-21(27-22)29(14-23-19)17-8-4-3-5-9-17/h3-10,13-15H,11-12H2,1-2H3,(H2,24,25,26,27). The van der Waals surface area contributed by atoms with Crippen molar-refractivity contribution in [2.24, 2.45) is 0 Å². The van der Waals surface area contributed by atoms with E-state index in [1.54, 1.807) is 0 Å². The minimum Gasteiger partial charge on any atom is -0.378 e. The molecule has 0 saturated heterocycles. The van der Waals surface area contributed by atoms with Gasteiger partial charge in [0.05, 0.1) is 0 Å². The molecule has 0 atom stereocenters. The number of benzene rings is 2. The molecule has 146 valence electrons. The zero-order valence-electron chi connectivity index (χ0n) is 16.5. The normalized spacial score (nSPS) is 13.4. The predicted octanol–water partition coefficient (Wildman–Crippen LogP) is 4.20. The highest BCUT2D eigenvalue weighted by Gasteiger charge is 2.24. The lowest BCUT2D eigenvalue weighted by Crippen LogP contribution is -2.09. The van der Waals surface area contributed by atoms with Gasteiger partial charge in [0.15, 0.2) is 17.0 Å². The summed E-state index contributed by atoms with van der Waals surface area (Å²) in [5.41, 5.74) is 4.64. The Morgan fingerprint density at radius 2 is 1.83 bits per heavy atom. The van der Waals surface area contributed by atoms with E-state index in [-0.39, 0.29) is 0 Å². The molecule has 0 amide bonds. The van der Waals surface area contributed by atoms with Gasteiger partial charge in [0, 0.05) is 37.2 Å². The Bertz CT molecular complexity index is 1150. The van der Waals surface area contributed by atoms with Crippen molar-refractivity contribution >= 4 is 34.3 Å². The van der Waals surface area contributed by atoms with Crippen molar-refractivity contribution in [3.63, 3.8) is 0 Å². The first kappa shape index (κ1) is 17.5. The average molecular weight is 385 g/mol. The maximum atomic E-state index is 4.79. The number of nitrogens with one attached hydrogen (secondary N) is 2. The second-order valence-corrected chi connectivity index (χ2v) is 7.51. The summed E-state index contributed by atoms with van der Waals surface area (Å²) in [5.74, 6) is 1.33. The second-order valence-electron chi connectivity index (χ2n) is 7.51. The Hall–Kier alpha value is -3.61. The van der Waals surface area contributed by atoms with Gasteiger partial charge in [-0.2, -0.15) is 9.97 Å². The van der Waals surface area contributed by atoms with Crippen molar-refractivity contribution in [2.45, 2.75) is 18.9 Å². The lowest BCUT2D eigenvalue weighted by molar-refractivity contribution is 1.06. The summed E-state index contributed by atoms with van der Waals surface area (Å²) < 4.78 is 2.00. The number of nitrogens with zero attached hydrogens (tertiary/aromatic N) is 5. The zero-order chi connectivity index (χ0) is 19.8. The molecule has 1 aliphatic carbocycles. The van der Waals surface area contributed by atoms with Crippen LogP contribution in [0.15, 0.2) is 60.9 Å². The number of aromatic nitrogens is 4. The molecule has 2 aromatic heterocycles. The van der Waals surface area contributed by atoms with Gasteiger partial charge in [-0.3, -0.25) is 4.57 Å². The number of rotatable bonds is 6. The van der Waals surface area contributed by atoms with Gasteiger partial charge in [0.25, 0.3) is 0 Å². The van der Waals surface area contributed by atoms with E-state index in [9.17, 15) is 0 Å². The van der Waals surface area contributed by atoms with Gasteiger partial charge in [0.1, 0.15) is 6.33 Å². The third-order valence-corrected chi connectivity index (χ3v) is 4.97. The minimum absolute atomic E-state index is 0.472. The first-order valence-electron chi connectivity index (χ1n) is 9.79. The molecular weight excluding hydrogens is 362 g/mol. The molecule has 4 aromatic rings. The Kier molecular flexibility index (Phi) is 4.27. The quantitative estimate of drug-likeness (QED) is 0.518. The fourth-order valence-corrected chi connectivity index (χ4v) is 3.25. The first-order chi connectivity index (χ1) is 14.2. The predicted molar refractivity (Wildman–Crippen MR) is 117 cm³/mol. The molecule has 5 rings (SSSR count). The van der Waals surface area contributed by atoms with Gasteiger partial charge in [-0.05, 0) is 43.2 Å². The van der Waals surface area contributed by atoms with Crippen molar-refractivity contribution in [3.8, 4) is 5.69 Å². The van der Waals surface area contributed by atoms with E-state index in [2.05, 4.69) is 32.7 Å². The fraction of sp³-hybridized carbons (Fsp3) is 0.227. The summed E-state index contributed by atoms with van der Waals surface area (Å²) >= 11 is 0. The van der Waals surface area contributed by atoms with E-state index in [1.807, 2.05) is 67.5 Å². The van der Waals surface area contributed by atoms with Gasteiger partial charge in [-0.15, -0.1) is 0 Å². The number of para-hydroxylation sites is 1. The molecule has 2 heterocycles. The lowest BCUT2D eigenvalue weighted by Gasteiger charge is -2.14. The van der Waals surface area contributed by atoms with E-state index in [1.165, 1.54) is 12.8 Å². The maximum absolute atomic E-state index is 4.79. The van der Waals surface area contributed by atoms with Crippen molar-refractivity contribution in [2.75, 3.05) is 29.6 Å². The topological polar surface area (TPSA) is 70.9 Å². The molecule has 2 N–H and O–H groups in total. The summed E-state index contributed by atoms with van der Waals surface area (Å²) in [5, 5.41) is 6.87. The molecular formula is C22H23N7. The summed E-state index contributed by atoms with van der Waals surface area (Å²) in [7, 11) is 4.05. The van der Waals surface area contributed by atoms with Crippen molar-refractivity contribution in [3.05, 3.63) is 60.9 Å². The Morgan fingerprint density at radius 3 is 2.59 bits per heavy atom. The van der Waals surface area contributed by atoms with E-state index < -0.39 is 0 Å². The number of anilines is 4. The monoisotopic (exact) mass is 385 g/mol. The van der Waals surface area contributed by atoms with Crippen LogP contribution in [0.4, 0.5) is 23.1 Å². The van der Waals surface area contributed by atoms with E-state index in [0.717, 1.165) is 34.0 Å². The number of fused-ring (bicyclic) bond motifs is 1. The Morgan fingerprint density at radius 1 is 1.00 bits per heavy atom. The van der Waals surface area contributed by atoms with Crippen LogP contribution in [0.25, 0.3) is 16.9 Å². The van der Waals surface area contributed by atoms with Crippen LogP contribution in [-0.2, 0) is 0 Å². The molecule has 7 nitrogen and oxygen atoms in total. The van der Waals surface area contributed by atoms with Crippen molar-refractivity contribution in [1.29, 1.82) is 0 Å². The highest BCUT2D eigenvalue weighted by atomic mass is 15.2. The van der Waals surface area contributed by atoms with Crippen LogP contribution in [0.2, 0.25) is 0 Å². The van der Waals surface area contributed by atoms with Crippen molar-refractivity contribution in [1.82, 2.24) is 19.5 Å². The summed E-state index contributed by atoms with van der Waals surface area (Å²) in [6.07, 6.45) is 4.14. The first-order valence-corrected chi connectivity index (χ1v) is 9.79. The molecule has 1 aliphatic rings. The third kappa shape index (κ3) is 3.59. The summed E-state index contributed by atoms with van der Waals surface area (Å²) in [4.78, 5) is 16.2. The van der Waals surface area contributed by atoms with Crippen LogP contribution in [0.3, 0.4) is 0 Å². The van der Waals surface area contributed by atoms with Gasteiger partial charge in [-0.25, -0.2) is 4.98 Å². The highest BCUT2D eigenvalue weighted by molar-refractivity contribution is 5.86. The molecule has 0 unspecified atom stereocenters. The molecule has 0 aliphatic heterocycles. The van der Waals surface area contributed by atoms with Gasteiger partial charge in [-0.1, -0.05) is 24.3 Å². The van der Waals surface area contributed by atoms with Crippen LogP contribution in [0.5, 0.6) is 0 Å². The lowest BCUT2D eigenvalue weighted by atomic mass is 10.2. The fourth-order valence-electron chi connectivity index (χ4n) is 3.25. The minimum atomic E-state index is 0.472. The van der Waals surface area contributed by atoms with E-state index in [0.29, 0.717) is 12.0 Å². The van der Waals surface area contributed by atoms with Crippen LogP contribution in [0.1, 0.15) is 12.8 Å². The highest BCUT2D eigenvalue weighted by Crippen LogP contribution is 2.30. The molecule has 2 aromatic carbocycles. The number of hydrogen-bond donors (Lipinski definition) is 2. The van der Waals surface area contributed by atoms with Gasteiger partial charge < -0.3 is 15.5 Å². The smallest absolute Gasteiger partial charge is 0.231 e. The van der Waals surface area contributed by atoms with Crippen LogP contribution < -0.4 is 15.5 Å². The molecule has 0 bridgehead atoms. The van der Waals surface area contributed by atoms with E-state index >= 15 is 0 Å². The Balaban J connectivity index is 1.58. The third-order valence-electron chi connectivity index (χ3n) is 4.97.